The quantitative estimate of drug-likeness (QED) is 0.822. The number of nitrogens with two attached hydrogens (primary N) is 1. The van der Waals surface area contributed by atoms with E-state index in [1.807, 2.05) is 32.0 Å². The summed E-state index contributed by atoms with van der Waals surface area (Å²) in [6.45, 7) is 3.79. The van der Waals surface area contributed by atoms with Gasteiger partial charge < -0.3 is 15.6 Å². The Kier molecular flexibility index (Phi) is 4.52. The molecule has 3 N–H and O–H groups in total. The number of ether oxygens (including phenoxy) is 1. The summed E-state index contributed by atoms with van der Waals surface area (Å²) < 4.78 is 5.17. The third-order valence-electron chi connectivity index (χ3n) is 2.91. The second kappa shape index (κ2) is 5.68. The van der Waals surface area contributed by atoms with Crippen molar-refractivity contribution in [2.24, 2.45) is 11.7 Å². The van der Waals surface area contributed by atoms with Gasteiger partial charge in [0.2, 0.25) is 0 Å². The van der Waals surface area contributed by atoms with Gasteiger partial charge in [0.05, 0.1) is 7.11 Å². The zero-order valence-electron chi connectivity index (χ0n) is 10.4. The fourth-order valence-electron chi connectivity index (χ4n) is 1.84. The lowest BCUT2D eigenvalue weighted by Gasteiger charge is -2.19. The van der Waals surface area contributed by atoms with Crippen molar-refractivity contribution < 1.29 is 14.6 Å². The van der Waals surface area contributed by atoms with Gasteiger partial charge in [-0.05, 0) is 30.0 Å². The van der Waals surface area contributed by atoms with Gasteiger partial charge in [0.15, 0.2) is 0 Å². The Morgan fingerprint density at radius 3 is 2.65 bits per heavy atom. The average Bonchev–Trinajstić information content (AvgIpc) is 2.27. The summed E-state index contributed by atoms with van der Waals surface area (Å²) in [5.41, 5.74) is 7.99. The largest absolute Gasteiger partial charge is 0.496 e. The third kappa shape index (κ3) is 3.46. The molecular formula is C13H19NO3. The van der Waals surface area contributed by atoms with Crippen LogP contribution in [0.5, 0.6) is 5.75 Å². The topological polar surface area (TPSA) is 72.5 Å². The smallest absolute Gasteiger partial charge is 0.303 e. The highest BCUT2D eigenvalue weighted by atomic mass is 16.5. The molecule has 0 bridgehead atoms. The molecule has 0 aliphatic rings. The lowest BCUT2D eigenvalue weighted by molar-refractivity contribution is -0.138. The molecule has 0 fully saturated rings. The molecule has 4 nitrogen and oxygen atoms in total. The van der Waals surface area contributed by atoms with E-state index in [9.17, 15) is 4.79 Å². The first kappa shape index (κ1) is 13.5. The van der Waals surface area contributed by atoms with E-state index in [4.69, 9.17) is 15.6 Å². The zero-order chi connectivity index (χ0) is 13.0. The molecule has 0 spiro atoms. The molecule has 2 atom stereocenters. The lowest BCUT2D eigenvalue weighted by atomic mass is 9.92. The average molecular weight is 237 g/mol. The Morgan fingerprint density at radius 1 is 1.53 bits per heavy atom. The highest BCUT2D eigenvalue weighted by Gasteiger charge is 2.18. The van der Waals surface area contributed by atoms with Gasteiger partial charge in [-0.25, -0.2) is 0 Å². The van der Waals surface area contributed by atoms with E-state index in [1.54, 1.807) is 7.11 Å². The fraction of sp³-hybridized carbons (Fsp3) is 0.462. The Morgan fingerprint density at radius 2 is 2.18 bits per heavy atom. The number of rotatable bonds is 5. The molecule has 0 aliphatic heterocycles. The molecule has 0 aromatic heterocycles. The summed E-state index contributed by atoms with van der Waals surface area (Å²) in [6, 6.07) is 5.42. The highest BCUT2D eigenvalue weighted by Crippen LogP contribution is 2.26. The first-order valence-electron chi connectivity index (χ1n) is 5.57. The molecule has 94 valence electrons. The summed E-state index contributed by atoms with van der Waals surface area (Å²) in [5.74, 6) is -0.106. The molecule has 1 aromatic carbocycles. The minimum Gasteiger partial charge on any atom is -0.496 e. The van der Waals surface area contributed by atoms with Crippen LogP contribution in [0.3, 0.4) is 0 Å². The Labute approximate surface area is 101 Å². The van der Waals surface area contributed by atoms with Crippen LogP contribution in [-0.2, 0) is 4.79 Å². The van der Waals surface area contributed by atoms with Crippen molar-refractivity contribution >= 4 is 5.97 Å². The van der Waals surface area contributed by atoms with E-state index in [0.29, 0.717) is 0 Å². The van der Waals surface area contributed by atoms with Crippen LogP contribution in [0.2, 0.25) is 0 Å². The van der Waals surface area contributed by atoms with Gasteiger partial charge in [0.25, 0.3) is 0 Å². The maximum absolute atomic E-state index is 10.6. The molecule has 2 unspecified atom stereocenters. The summed E-state index contributed by atoms with van der Waals surface area (Å²) in [6.07, 6.45) is 0.0756. The zero-order valence-corrected chi connectivity index (χ0v) is 10.4. The Bertz CT molecular complexity index is 404. The standard InChI is InChI=1S/C13H19NO3/c1-8-6-10(4-5-11(8)17-3)13(14)9(2)7-12(15)16/h4-6,9,13H,7,14H2,1-3H3,(H,15,16). The predicted octanol–water partition coefficient (Wildman–Crippen LogP) is 2.11. The van der Waals surface area contributed by atoms with Gasteiger partial charge >= 0.3 is 5.97 Å². The number of aliphatic carboxylic acids is 1. The number of aryl methyl sites for hydroxylation is 1. The monoisotopic (exact) mass is 237 g/mol. The summed E-state index contributed by atoms with van der Waals surface area (Å²) in [7, 11) is 1.62. The number of benzene rings is 1. The number of carbonyl (C=O) groups is 1. The number of carboxylic acid groups (broad SMARTS) is 1. The van der Waals surface area contributed by atoms with Crippen LogP contribution in [0, 0.1) is 12.8 Å². The minimum absolute atomic E-state index is 0.0756. The summed E-state index contributed by atoms with van der Waals surface area (Å²) in [5, 5.41) is 8.74. The van der Waals surface area contributed by atoms with E-state index in [2.05, 4.69) is 0 Å². The Hall–Kier alpha value is -1.55. The van der Waals surface area contributed by atoms with E-state index >= 15 is 0 Å². The van der Waals surface area contributed by atoms with Crippen molar-refractivity contribution in [2.75, 3.05) is 7.11 Å². The van der Waals surface area contributed by atoms with E-state index in [0.717, 1.165) is 16.9 Å². The van der Waals surface area contributed by atoms with Crippen LogP contribution in [0.25, 0.3) is 0 Å². The SMILES string of the molecule is COc1ccc(C(N)C(C)CC(=O)O)cc1C. The molecular weight excluding hydrogens is 218 g/mol. The van der Waals surface area contributed by atoms with E-state index < -0.39 is 5.97 Å². The van der Waals surface area contributed by atoms with Crippen molar-refractivity contribution in [3.8, 4) is 5.75 Å². The molecule has 0 radical (unpaired) electrons. The molecule has 1 aromatic rings. The molecule has 0 saturated carbocycles. The van der Waals surface area contributed by atoms with Crippen molar-refractivity contribution in [2.45, 2.75) is 26.3 Å². The maximum atomic E-state index is 10.6. The number of methoxy groups -OCH3 is 1. The predicted molar refractivity (Wildman–Crippen MR) is 66.1 cm³/mol. The van der Waals surface area contributed by atoms with E-state index in [1.165, 1.54) is 0 Å². The molecule has 0 heterocycles. The van der Waals surface area contributed by atoms with Crippen molar-refractivity contribution in [3.63, 3.8) is 0 Å². The van der Waals surface area contributed by atoms with Crippen LogP contribution in [0.4, 0.5) is 0 Å². The van der Waals surface area contributed by atoms with Gasteiger partial charge in [-0.2, -0.15) is 0 Å². The Balaban J connectivity index is 2.85. The van der Waals surface area contributed by atoms with Gasteiger partial charge in [0, 0.05) is 12.5 Å². The maximum Gasteiger partial charge on any atom is 0.303 e. The normalized spacial score (nSPS) is 14.1. The third-order valence-corrected chi connectivity index (χ3v) is 2.91. The summed E-state index contributed by atoms with van der Waals surface area (Å²) in [4.78, 5) is 10.6. The second-order valence-corrected chi connectivity index (χ2v) is 4.33. The van der Waals surface area contributed by atoms with Crippen LogP contribution in [0.15, 0.2) is 18.2 Å². The molecule has 1 rings (SSSR count). The van der Waals surface area contributed by atoms with Gasteiger partial charge in [0.1, 0.15) is 5.75 Å². The van der Waals surface area contributed by atoms with Crippen LogP contribution < -0.4 is 10.5 Å². The molecule has 0 saturated heterocycles. The highest BCUT2D eigenvalue weighted by molar-refractivity contribution is 5.67. The molecule has 17 heavy (non-hydrogen) atoms. The fourth-order valence-corrected chi connectivity index (χ4v) is 1.84. The number of hydrogen-bond acceptors (Lipinski definition) is 3. The lowest BCUT2D eigenvalue weighted by Crippen LogP contribution is -2.21. The van der Waals surface area contributed by atoms with Crippen LogP contribution in [0.1, 0.15) is 30.5 Å². The van der Waals surface area contributed by atoms with Crippen molar-refractivity contribution in [1.82, 2.24) is 0 Å². The first-order chi connectivity index (χ1) is 7.95. The van der Waals surface area contributed by atoms with Gasteiger partial charge in [-0.1, -0.05) is 19.1 Å². The van der Waals surface area contributed by atoms with Crippen LogP contribution in [-0.4, -0.2) is 18.2 Å². The van der Waals surface area contributed by atoms with Gasteiger partial charge in [-0.15, -0.1) is 0 Å². The molecule has 4 heteroatoms. The molecule has 0 amide bonds. The van der Waals surface area contributed by atoms with Crippen molar-refractivity contribution in [1.29, 1.82) is 0 Å². The second-order valence-electron chi connectivity index (χ2n) is 4.33. The summed E-state index contributed by atoms with van der Waals surface area (Å²) >= 11 is 0. The first-order valence-corrected chi connectivity index (χ1v) is 5.57. The minimum atomic E-state index is -0.821. The van der Waals surface area contributed by atoms with Crippen LogP contribution >= 0.6 is 0 Å². The van der Waals surface area contributed by atoms with E-state index in [-0.39, 0.29) is 18.4 Å². The molecule has 0 aliphatic carbocycles. The number of carboxylic acids is 1. The van der Waals surface area contributed by atoms with Crippen molar-refractivity contribution in [3.05, 3.63) is 29.3 Å². The number of hydrogen-bond donors (Lipinski definition) is 2. The van der Waals surface area contributed by atoms with Gasteiger partial charge in [-0.3, -0.25) is 4.79 Å².